The van der Waals surface area contributed by atoms with E-state index in [9.17, 15) is 18.7 Å². The first-order valence-corrected chi connectivity index (χ1v) is 14.2. The number of hydrogen-bond acceptors (Lipinski definition) is 7. The number of anilines is 2. The summed E-state index contributed by atoms with van der Waals surface area (Å²) >= 11 is 12.2. The van der Waals surface area contributed by atoms with Gasteiger partial charge in [0.15, 0.2) is 0 Å². The summed E-state index contributed by atoms with van der Waals surface area (Å²) in [4.78, 5) is 21.7. The lowest BCUT2D eigenvalue weighted by Crippen LogP contribution is -2.46. The van der Waals surface area contributed by atoms with E-state index >= 15 is 0 Å². The van der Waals surface area contributed by atoms with Crippen LogP contribution in [0.3, 0.4) is 0 Å². The van der Waals surface area contributed by atoms with Crippen LogP contribution in [0.2, 0.25) is 10.0 Å². The van der Waals surface area contributed by atoms with E-state index < -0.39 is 29.5 Å². The van der Waals surface area contributed by atoms with Crippen LogP contribution in [0, 0.1) is 11.6 Å². The highest BCUT2D eigenvalue weighted by Crippen LogP contribution is 2.30. The normalized spacial score (nSPS) is 15.1. The number of benzene rings is 3. The second-order valence-electron chi connectivity index (χ2n) is 10.3. The molecule has 1 aliphatic rings. The Bertz CT molecular complexity index is 1790. The van der Waals surface area contributed by atoms with Crippen LogP contribution in [-0.4, -0.2) is 60.4 Å². The van der Waals surface area contributed by atoms with Gasteiger partial charge in [0, 0.05) is 49.2 Å². The van der Waals surface area contributed by atoms with Crippen molar-refractivity contribution in [1.29, 1.82) is 0 Å². The van der Waals surface area contributed by atoms with Gasteiger partial charge in [-0.15, -0.1) is 0 Å². The number of halogens is 4. The van der Waals surface area contributed by atoms with Gasteiger partial charge in [-0.3, -0.25) is 0 Å². The van der Waals surface area contributed by atoms with Crippen LogP contribution in [-0.2, 0) is 18.7 Å². The zero-order chi connectivity index (χ0) is 30.1. The van der Waals surface area contributed by atoms with Crippen molar-refractivity contribution in [3.8, 4) is 5.69 Å². The van der Waals surface area contributed by atoms with E-state index in [0.717, 1.165) is 54.4 Å². The van der Waals surface area contributed by atoms with Crippen LogP contribution in [0.25, 0.3) is 5.69 Å². The molecule has 3 aromatic carbocycles. The van der Waals surface area contributed by atoms with E-state index in [0.29, 0.717) is 21.8 Å². The summed E-state index contributed by atoms with van der Waals surface area (Å²) in [6.45, 7) is 2.53. The molecule has 0 radical (unpaired) electrons. The molecule has 2 aromatic heterocycles. The first-order valence-electron chi connectivity index (χ1n) is 13.4. The Morgan fingerprint density at radius 2 is 1.47 bits per heavy atom. The standard InChI is InChI=1S/C29H26Cl2F2N8O2/c30-25-8-6-23(14-26(25)31)38-11-9-37(10-12-38)21-2-4-22(5-3-21)40-19-36-41(28(40)42)16-29(43,15-39-18-34-17-35-39)24-7-1-20(32)13-27(24)33/h1-8,13-14,17-19,43H,9-12,15-16H2. The number of rotatable bonds is 8. The monoisotopic (exact) mass is 626 g/mol. The fourth-order valence-electron chi connectivity index (χ4n) is 5.27. The Hall–Kier alpha value is -4.26. The lowest BCUT2D eigenvalue weighted by atomic mass is 9.93. The molecule has 1 N–H and O–H groups in total. The molecule has 222 valence electrons. The van der Waals surface area contributed by atoms with E-state index in [1.807, 2.05) is 36.4 Å². The summed E-state index contributed by atoms with van der Waals surface area (Å²) in [7, 11) is 0. The van der Waals surface area contributed by atoms with Gasteiger partial charge in [0.1, 0.15) is 36.2 Å². The molecule has 3 heterocycles. The molecular weight excluding hydrogens is 601 g/mol. The van der Waals surface area contributed by atoms with Crippen molar-refractivity contribution in [3.63, 3.8) is 0 Å². The maximum absolute atomic E-state index is 14.8. The number of nitrogens with zero attached hydrogens (tertiary/aromatic N) is 8. The number of aromatic nitrogens is 6. The molecule has 10 nitrogen and oxygen atoms in total. The molecule has 1 aliphatic heterocycles. The largest absolute Gasteiger partial charge is 0.381 e. The van der Waals surface area contributed by atoms with Gasteiger partial charge in [-0.05, 0) is 48.5 Å². The molecule has 1 fully saturated rings. The first kappa shape index (κ1) is 28.8. The van der Waals surface area contributed by atoms with Crippen LogP contribution in [0.1, 0.15) is 5.56 Å². The molecule has 0 spiro atoms. The summed E-state index contributed by atoms with van der Waals surface area (Å²) in [5.41, 5.74) is -0.125. The summed E-state index contributed by atoms with van der Waals surface area (Å²) in [5, 5.41) is 20.8. The zero-order valence-corrected chi connectivity index (χ0v) is 24.2. The van der Waals surface area contributed by atoms with Gasteiger partial charge >= 0.3 is 5.69 Å². The fraction of sp³-hybridized carbons (Fsp3) is 0.241. The summed E-state index contributed by atoms with van der Waals surface area (Å²) < 4.78 is 32.1. The molecule has 0 saturated carbocycles. The summed E-state index contributed by atoms with van der Waals surface area (Å²) in [6, 6.07) is 16.0. The maximum atomic E-state index is 14.8. The second kappa shape index (κ2) is 11.8. The number of hydrogen-bond donors (Lipinski definition) is 1. The Morgan fingerprint density at radius 1 is 0.791 bits per heavy atom. The highest BCUT2D eigenvalue weighted by Gasteiger charge is 2.35. The highest BCUT2D eigenvalue weighted by atomic mass is 35.5. The molecule has 0 bridgehead atoms. The first-order chi connectivity index (χ1) is 20.7. The predicted octanol–water partition coefficient (Wildman–Crippen LogP) is 4.13. The quantitative estimate of drug-likeness (QED) is 0.277. The zero-order valence-electron chi connectivity index (χ0n) is 22.7. The second-order valence-corrected chi connectivity index (χ2v) is 11.1. The fourth-order valence-corrected chi connectivity index (χ4v) is 5.56. The van der Waals surface area contributed by atoms with Crippen molar-refractivity contribution < 1.29 is 13.9 Å². The Labute approximate surface area is 254 Å². The molecule has 1 saturated heterocycles. The molecule has 0 aliphatic carbocycles. The van der Waals surface area contributed by atoms with E-state index in [1.54, 1.807) is 6.07 Å². The summed E-state index contributed by atoms with van der Waals surface area (Å²) in [5.74, 6) is -1.74. The van der Waals surface area contributed by atoms with E-state index in [1.165, 1.54) is 28.2 Å². The Kier molecular flexibility index (Phi) is 7.91. The minimum Gasteiger partial charge on any atom is -0.381 e. The molecule has 6 rings (SSSR count). The van der Waals surface area contributed by atoms with Crippen molar-refractivity contribution >= 4 is 34.6 Å². The lowest BCUT2D eigenvalue weighted by molar-refractivity contribution is -0.00948. The molecule has 0 amide bonds. The third-order valence-electron chi connectivity index (χ3n) is 7.51. The van der Waals surface area contributed by atoms with Gasteiger partial charge in [0.2, 0.25) is 0 Å². The van der Waals surface area contributed by atoms with Gasteiger partial charge in [-0.25, -0.2) is 32.5 Å². The van der Waals surface area contributed by atoms with Crippen LogP contribution in [0.15, 0.2) is 84.4 Å². The van der Waals surface area contributed by atoms with Crippen LogP contribution >= 0.6 is 23.2 Å². The van der Waals surface area contributed by atoms with E-state index in [2.05, 4.69) is 25.0 Å². The van der Waals surface area contributed by atoms with Gasteiger partial charge in [-0.1, -0.05) is 29.3 Å². The molecule has 5 aromatic rings. The molecule has 1 atom stereocenters. The third-order valence-corrected chi connectivity index (χ3v) is 8.25. The Balaban J connectivity index is 1.18. The predicted molar refractivity (Wildman–Crippen MR) is 159 cm³/mol. The highest BCUT2D eigenvalue weighted by molar-refractivity contribution is 6.42. The van der Waals surface area contributed by atoms with Crippen LogP contribution in [0.5, 0.6) is 0 Å². The smallest absolute Gasteiger partial charge is 0.350 e. The maximum Gasteiger partial charge on any atom is 0.350 e. The average Bonchev–Trinajstić information content (AvgIpc) is 3.64. The van der Waals surface area contributed by atoms with E-state index in [-0.39, 0.29) is 12.1 Å². The van der Waals surface area contributed by atoms with Crippen molar-refractivity contribution in [2.75, 3.05) is 36.0 Å². The SMILES string of the molecule is O=c1n(-c2ccc(N3CCN(c4ccc(Cl)c(Cl)c4)CC3)cc2)cnn1CC(O)(Cn1cncn1)c1ccc(F)cc1F. The average molecular weight is 627 g/mol. The number of piperazine rings is 1. The van der Waals surface area contributed by atoms with Crippen molar-refractivity contribution in [2.24, 2.45) is 0 Å². The van der Waals surface area contributed by atoms with E-state index in [4.69, 9.17) is 23.2 Å². The number of aliphatic hydroxyl groups is 1. The molecule has 43 heavy (non-hydrogen) atoms. The van der Waals surface area contributed by atoms with Crippen molar-refractivity contribution in [2.45, 2.75) is 18.7 Å². The topological polar surface area (TPSA) is 97.2 Å². The van der Waals surface area contributed by atoms with Crippen LogP contribution in [0.4, 0.5) is 20.2 Å². The summed E-state index contributed by atoms with van der Waals surface area (Å²) in [6.07, 6.45) is 3.95. The molecular formula is C29H26Cl2F2N8O2. The third kappa shape index (κ3) is 5.99. The molecule has 14 heteroatoms. The lowest BCUT2D eigenvalue weighted by Gasteiger charge is -2.37. The van der Waals surface area contributed by atoms with Gasteiger partial charge in [0.25, 0.3) is 0 Å². The van der Waals surface area contributed by atoms with Gasteiger partial charge < -0.3 is 14.9 Å². The van der Waals surface area contributed by atoms with Crippen LogP contribution < -0.4 is 15.5 Å². The van der Waals surface area contributed by atoms with Crippen molar-refractivity contribution in [3.05, 3.63) is 117 Å². The van der Waals surface area contributed by atoms with Crippen molar-refractivity contribution in [1.82, 2.24) is 29.1 Å². The minimum absolute atomic E-state index is 0.200. The van der Waals surface area contributed by atoms with Gasteiger partial charge in [0.05, 0.1) is 28.8 Å². The molecule has 1 unspecified atom stereocenters. The van der Waals surface area contributed by atoms with Gasteiger partial charge in [-0.2, -0.15) is 10.2 Å². The Morgan fingerprint density at radius 3 is 2.12 bits per heavy atom. The minimum atomic E-state index is -1.99.